The molecule has 0 amide bonds. The average molecular weight is 234 g/mol. The van der Waals surface area contributed by atoms with Crippen LogP contribution in [0.2, 0.25) is 0 Å². The molecule has 0 aliphatic heterocycles. The number of nitrogens with two attached hydrogens (primary N) is 1. The molecule has 6 nitrogen and oxygen atoms in total. The largest absolute Gasteiger partial charge is 0.394 e. The van der Waals surface area contributed by atoms with Crippen molar-refractivity contribution in [2.75, 3.05) is 11.1 Å². The Bertz CT molecular complexity index is 536. The van der Waals surface area contributed by atoms with Crippen molar-refractivity contribution in [1.82, 2.24) is 19.6 Å². The Kier molecular flexibility index (Phi) is 2.79. The van der Waals surface area contributed by atoms with Gasteiger partial charge in [-0.2, -0.15) is 10.2 Å². The smallest absolute Gasteiger partial charge is 0.171 e. The molecular weight excluding hydrogens is 216 g/mol. The molecule has 2 aromatic rings. The minimum Gasteiger partial charge on any atom is -0.394 e. The van der Waals surface area contributed by atoms with E-state index in [9.17, 15) is 0 Å². The van der Waals surface area contributed by atoms with Gasteiger partial charge in [0.25, 0.3) is 0 Å². The van der Waals surface area contributed by atoms with Crippen molar-refractivity contribution in [2.45, 2.75) is 20.4 Å². The fourth-order valence-electron chi connectivity index (χ4n) is 1.89. The number of aromatic nitrogens is 4. The van der Waals surface area contributed by atoms with E-state index in [1.165, 1.54) is 5.56 Å². The monoisotopic (exact) mass is 234 g/mol. The molecule has 17 heavy (non-hydrogen) atoms. The molecule has 2 heterocycles. The van der Waals surface area contributed by atoms with E-state index in [2.05, 4.69) is 22.4 Å². The highest BCUT2D eigenvalue weighted by atomic mass is 15.3. The van der Waals surface area contributed by atoms with Crippen LogP contribution in [0.25, 0.3) is 0 Å². The molecule has 0 saturated carbocycles. The second-order valence-corrected chi connectivity index (χ2v) is 4.23. The lowest BCUT2D eigenvalue weighted by Gasteiger charge is -2.04. The molecule has 3 N–H and O–H groups in total. The fourth-order valence-corrected chi connectivity index (χ4v) is 1.89. The predicted molar refractivity (Wildman–Crippen MR) is 67.6 cm³/mol. The van der Waals surface area contributed by atoms with Crippen molar-refractivity contribution in [2.24, 2.45) is 14.1 Å². The Labute approximate surface area is 100 Å². The fraction of sp³-hybridized carbons (Fsp3) is 0.455. The van der Waals surface area contributed by atoms with E-state index in [4.69, 9.17) is 5.73 Å². The van der Waals surface area contributed by atoms with E-state index in [0.717, 1.165) is 17.2 Å². The maximum atomic E-state index is 5.82. The third-order valence-corrected chi connectivity index (χ3v) is 2.95. The summed E-state index contributed by atoms with van der Waals surface area (Å²) in [6.07, 6.45) is 1.78. The highest BCUT2D eigenvalue weighted by Gasteiger charge is 2.10. The number of anilines is 2. The third-order valence-electron chi connectivity index (χ3n) is 2.95. The zero-order chi connectivity index (χ0) is 12.6. The molecule has 92 valence electrons. The molecule has 2 rings (SSSR count). The second kappa shape index (κ2) is 4.12. The van der Waals surface area contributed by atoms with Crippen molar-refractivity contribution >= 4 is 11.5 Å². The summed E-state index contributed by atoms with van der Waals surface area (Å²) in [7, 11) is 3.79. The first-order valence-corrected chi connectivity index (χ1v) is 5.51. The number of nitrogen functional groups attached to an aromatic ring is 1. The van der Waals surface area contributed by atoms with Gasteiger partial charge in [-0.1, -0.05) is 0 Å². The molecule has 6 heteroatoms. The van der Waals surface area contributed by atoms with Gasteiger partial charge >= 0.3 is 0 Å². The van der Waals surface area contributed by atoms with Crippen LogP contribution in [0.15, 0.2) is 6.20 Å². The molecular formula is C11H18N6. The van der Waals surface area contributed by atoms with E-state index >= 15 is 0 Å². The van der Waals surface area contributed by atoms with Crippen LogP contribution in [0.1, 0.15) is 17.0 Å². The Morgan fingerprint density at radius 3 is 2.47 bits per heavy atom. The van der Waals surface area contributed by atoms with Crippen LogP contribution in [-0.4, -0.2) is 19.6 Å². The maximum absolute atomic E-state index is 5.82. The number of rotatable bonds is 3. The van der Waals surface area contributed by atoms with E-state index in [0.29, 0.717) is 12.2 Å². The Morgan fingerprint density at radius 2 is 2.00 bits per heavy atom. The van der Waals surface area contributed by atoms with E-state index < -0.39 is 0 Å². The molecule has 0 spiro atoms. The lowest BCUT2D eigenvalue weighted by molar-refractivity contribution is 0.730. The normalized spacial score (nSPS) is 10.8. The minimum atomic E-state index is 0.659. The second-order valence-electron chi connectivity index (χ2n) is 4.23. The van der Waals surface area contributed by atoms with Gasteiger partial charge in [-0.15, -0.1) is 0 Å². The van der Waals surface area contributed by atoms with Crippen molar-refractivity contribution in [3.05, 3.63) is 23.1 Å². The molecule has 0 unspecified atom stereocenters. The summed E-state index contributed by atoms with van der Waals surface area (Å²) in [5.41, 5.74) is 9.86. The predicted octanol–water partition coefficient (Wildman–Crippen LogP) is 0.965. The van der Waals surface area contributed by atoms with Gasteiger partial charge in [0.2, 0.25) is 0 Å². The van der Waals surface area contributed by atoms with Crippen LogP contribution < -0.4 is 11.1 Å². The van der Waals surface area contributed by atoms with E-state index in [1.807, 2.05) is 25.7 Å². The first-order valence-electron chi connectivity index (χ1n) is 5.51. The Hall–Kier alpha value is -1.98. The number of hydrogen-bond donors (Lipinski definition) is 2. The molecule has 0 aromatic carbocycles. The van der Waals surface area contributed by atoms with Gasteiger partial charge in [-0.3, -0.25) is 9.36 Å². The van der Waals surface area contributed by atoms with Crippen molar-refractivity contribution in [3.63, 3.8) is 0 Å². The van der Waals surface area contributed by atoms with Crippen molar-refractivity contribution in [3.8, 4) is 0 Å². The molecule has 0 saturated heterocycles. The zero-order valence-corrected chi connectivity index (χ0v) is 10.7. The molecule has 0 aliphatic carbocycles. The summed E-state index contributed by atoms with van der Waals surface area (Å²) in [5, 5.41) is 11.8. The number of aryl methyl sites for hydroxylation is 3. The van der Waals surface area contributed by atoms with Gasteiger partial charge < -0.3 is 11.1 Å². The third kappa shape index (κ3) is 2.11. The summed E-state index contributed by atoms with van der Waals surface area (Å²) >= 11 is 0. The van der Waals surface area contributed by atoms with Gasteiger partial charge in [-0.25, -0.2) is 0 Å². The SMILES string of the molecule is Cc1nn(C)c(C)c1CNc1nn(C)cc1N. The first kappa shape index (κ1) is 11.5. The highest BCUT2D eigenvalue weighted by molar-refractivity contribution is 5.60. The summed E-state index contributed by atoms with van der Waals surface area (Å²) in [6.45, 7) is 4.75. The number of nitrogens with zero attached hydrogens (tertiary/aromatic N) is 4. The van der Waals surface area contributed by atoms with Crippen LogP contribution in [-0.2, 0) is 20.6 Å². The summed E-state index contributed by atoms with van der Waals surface area (Å²) in [5.74, 6) is 0.718. The average Bonchev–Trinajstić information content (AvgIpc) is 2.67. The van der Waals surface area contributed by atoms with Crippen LogP contribution in [0.5, 0.6) is 0 Å². The van der Waals surface area contributed by atoms with Gasteiger partial charge in [0.05, 0.1) is 11.4 Å². The molecule has 2 aromatic heterocycles. The molecule has 0 atom stereocenters. The lowest BCUT2D eigenvalue weighted by Crippen LogP contribution is -2.04. The molecule has 0 radical (unpaired) electrons. The highest BCUT2D eigenvalue weighted by Crippen LogP contribution is 2.18. The van der Waals surface area contributed by atoms with Crippen LogP contribution in [0.3, 0.4) is 0 Å². The van der Waals surface area contributed by atoms with Crippen LogP contribution >= 0.6 is 0 Å². The maximum Gasteiger partial charge on any atom is 0.171 e. The number of nitrogens with one attached hydrogen (secondary N) is 1. The van der Waals surface area contributed by atoms with Crippen LogP contribution in [0.4, 0.5) is 11.5 Å². The number of hydrogen-bond acceptors (Lipinski definition) is 4. The Balaban J connectivity index is 2.15. The molecule has 0 bridgehead atoms. The van der Waals surface area contributed by atoms with Crippen molar-refractivity contribution < 1.29 is 0 Å². The minimum absolute atomic E-state index is 0.659. The molecule has 0 aliphatic rings. The Morgan fingerprint density at radius 1 is 1.29 bits per heavy atom. The summed E-state index contributed by atoms with van der Waals surface area (Å²) in [4.78, 5) is 0. The van der Waals surface area contributed by atoms with Gasteiger partial charge in [0.15, 0.2) is 5.82 Å². The van der Waals surface area contributed by atoms with E-state index in [1.54, 1.807) is 10.9 Å². The van der Waals surface area contributed by atoms with Gasteiger partial charge in [0.1, 0.15) is 0 Å². The topological polar surface area (TPSA) is 73.7 Å². The van der Waals surface area contributed by atoms with Crippen molar-refractivity contribution in [1.29, 1.82) is 0 Å². The zero-order valence-electron chi connectivity index (χ0n) is 10.7. The summed E-state index contributed by atoms with van der Waals surface area (Å²) < 4.78 is 3.58. The van der Waals surface area contributed by atoms with Gasteiger partial charge in [0, 0.05) is 38.1 Å². The molecule has 0 fully saturated rings. The lowest BCUT2D eigenvalue weighted by atomic mass is 10.2. The van der Waals surface area contributed by atoms with Crippen LogP contribution in [0, 0.1) is 13.8 Å². The van der Waals surface area contributed by atoms with Gasteiger partial charge in [-0.05, 0) is 13.8 Å². The quantitative estimate of drug-likeness (QED) is 0.829. The standard InChI is InChI=1S/C11H18N6/c1-7-9(8(2)17(4)14-7)5-13-11-10(12)6-16(3)15-11/h6H,5,12H2,1-4H3,(H,13,15). The summed E-state index contributed by atoms with van der Waals surface area (Å²) in [6, 6.07) is 0. The van der Waals surface area contributed by atoms with E-state index in [-0.39, 0.29) is 0 Å². The first-order chi connectivity index (χ1) is 7.99.